The van der Waals surface area contributed by atoms with Crippen molar-refractivity contribution in [1.29, 1.82) is 0 Å². The van der Waals surface area contributed by atoms with E-state index in [-0.39, 0.29) is 30.4 Å². The lowest BCUT2D eigenvalue weighted by molar-refractivity contribution is -0.161. The van der Waals surface area contributed by atoms with Crippen LogP contribution in [0.2, 0.25) is 0 Å². The van der Waals surface area contributed by atoms with Crippen molar-refractivity contribution in [3.63, 3.8) is 0 Å². The number of hydrogen-bond acceptors (Lipinski definition) is 8. The van der Waals surface area contributed by atoms with E-state index in [0.717, 1.165) is 25.0 Å². The molecule has 0 radical (unpaired) electrons. The Labute approximate surface area is 234 Å². The monoisotopic (exact) mass is 576 g/mol. The first-order chi connectivity index (χ1) is 19.6. The van der Waals surface area contributed by atoms with E-state index < -0.39 is 36.6 Å². The summed E-state index contributed by atoms with van der Waals surface area (Å²) in [6, 6.07) is 4.60. The predicted molar refractivity (Wildman–Crippen MR) is 144 cm³/mol. The number of nitrogens with zero attached hydrogens (tertiary/aromatic N) is 6. The largest absolute Gasteiger partial charge is 0.491 e. The summed E-state index contributed by atoms with van der Waals surface area (Å²) in [5.74, 6) is 0.0345. The highest BCUT2D eigenvalue weighted by Crippen LogP contribution is 2.35. The summed E-state index contributed by atoms with van der Waals surface area (Å²) in [7, 11) is 1.78. The number of nitrogens with one attached hydrogen (secondary N) is 1. The Morgan fingerprint density at radius 2 is 1.93 bits per heavy atom. The second-order valence-electron chi connectivity index (χ2n) is 10.9. The first kappa shape index (κ1) is 27.5. The third kappa shape index (κ3) is 5.37. The maximum Gasteiger partial charge on any atom is 0.407 e. The molecule has 0 spiro atoms. The third-order valence-electron chi connectivity index (χ3n) is 7.95. The minimum atomic E-state index is -4.61. The van der Waals surface area contributed by atoms with Gasteiger partial charge in [-0.25, -0.2) is 9.37 Å². The number of hydrogen-bond donors (Lipinski definition) is 2. The third-order valence-corrected chi connectivity index (χ3v) is 7.95. The fourth-order valence-electron chi connectivity index (χ4n) is 5.66. The summed E-state index contributed by atoms with van der Waals surface area (Å²) in [6.45, 7) is 1.11. The lowest BCUT2D eigenvalue weighted by atomic mass is 9.98. The number of amides is 1. The zero-order valence-electron chi connectivity index (χ0n) is 22.6. The van der Waals surface area contributed by atoms with E-state index in [1.54, 1.807) is 16.5 Å². The zero-order valence-corrected chi connectivity index (χ0v) is 22.6. The van der Waals surface area contributed by atoms with Gasteiger partial charge in [-0.3, -0.25) is 4.79 Å². The lowest BCUT2D eigenvalue weighted by Gasteiger charge is -2.38. The Balaban J connectivity index is 1.46. The molecule has 10 nitrogen and oxygen atoms in total. The summed E-state index contributed by atoms with van der Waals surface area (Å²) in [4.78, 5) is 24.1. The summed E-state index contributed by atoms with van der Waals surface area (Å²) in [6.07, 6.45) is -2.41. The smallest absolute Gasteiger partial charge is 0.407 e. The number of carbonyl (C=O) groups is 1. The molecule has 5 heterocycles. The molecule has 0 saturated carbocycles. The Morgan fingerprint density at radius 3 is 2.68 bits per heavy atom. The number of piperidine rings is 1. The van der Waals surface area contributed by atoms with Gasteiger partial charge in [0.05, 0.1) is 17.3 Å². The standard InChI is InChI=1S/C27H32F4N8O2/c1-36-9-7-33-22(27(29,30)31)15-41-21-6-5-16(28)10-18(21)26(40)38-8-3-2-4-20(38)19-11-24-34-23(37-13-17(32)14-37)12-25(36)39(24)35-19/h5-6,10-12,17,20,22,33H,2-4,7-9,13-15,32H2,1H3/t20-,22?/m0/s1. The molecule has 220 valence electrons. The van der Waals surface area contributed by atoms with Gasteiger partial charge in [0.25, 0.3) is 5.91 Å². The van der Waals surface area contributed by atoms with Crippen molar-refractivity contribution in [3.8, 4) is 5.75 Å². The van der Waals surface area contributed by atoms with E-state index in [1.165, 1.54) is 6.07 Å². The molecule has 3 aromatic rings. The molecular formula is C27H32F4N8O2. The molecule has 2 bridgehead atoms. The van der Waals surface area contributed by atoms with Crippen molar-refractivity contribution in [2.75, 3.05) is 56.2 Å². The molecule has 0 aliphatic carbocycles. The van der Waals surface area contributed by atoms with Gasteiger partial charge in [0.1, 0.15) is 35.9 Å². The Hall–Kier alpha value is -3.65. The molecule has 6 rings (SSSR count). The highest BCUT2D eigenvalue weighted by Gasteiger charge is 2.40. The second kappa shape index (κ2) is 10.6. The number of nitrogens with two attached hydrogens (primary N) is 1. The van der Waals surface area contributed by atoms with Crippen LogP contribution < -0.4 is 25.6 Å². The number of alkyl halides is 3. The van der Waals surface area contributed by atoms with Crippen LogP contribution in [0.1, 0.15) is 41.4 Å². The van der Waals surface area contributed by atoms with Gasteiger partial charge >= 0.3 is 6.18 Å². The Morgan fingerprint density at radius 1 is 1.12 bits per heavy atom. The first-order valence-electron chi connectivity index (χ1n) is 13.7. The van der Waals surface area contributed by atoms with Gasteiger partial charge in [0, 0.05) is 57.9 Å². The number of likely N-dealkylation sites (N-methyl/N-ethyl adjacent to an activating group) is 1. The minimum absolute atomic E-state index is 0.0164. The van der Waals surface area contributed by atoms with Crippen LogP contribution in [0.4, 0.5) is 29.2 Å². The van der Waals surface area contributed by atoms with Crippen molar-refractivity contribution >= 4 is 23.2 Å². The van der Waals surface area contributed by atoms with Gasteiger partial charge in [-0.15, -0.1) is 0 Å². The molecule has 14 heteroatoms. The van der Waals surface area contributed by atoms with Crippen LogP contribution in [0.15, 0.2) is 30.3 Å². The van der Waals surface area contributed by atoms with Crippen molar-refractivity contribution < 1.29 is 27.1 Å². The average Bonchev–Trinajstić information content (AvgIpc) is 3.35. The highest BCUT2D eigenvalue weighted by molar-refractivity contribution is 5.97. The fourth-order valence-corrected chi connectivity index (χ4v) is 5.66. The molecule has 1 aromatic carbocycles. The van der Waals surface area contributed by atoms with Crippen molar-refractivity contribution in [2.45, 2.75) is 43.6 Å². The molecule has 2 aromatic heterocycles. The SMILES string of the molecule is CN1CCNC(C(F)(F)F)COc2ccc(F)cc2C(=O)N2CCCC[C@H]2c2cc3nc(N4CC(N)C4)cc1n3n2. The molecule has 2 fully saturated rings. The van der Waals surface area contributed by atoms with Gasteiger partial charge < -0.3 is 30.5 Å². The number of halogens is 4. The van der Waals surface area contributed by atoms with E-state index >= 15 is 0 Å². The molecular weight excluding hydrogens is 544 g/mol. The normalized spacial score (nSPS) is 22.9. The second-order valence-corrected chi connectivity index (χ2v) is 10.9. The maximum atomic E-state index is 14.3. The summed E-state index contributed by atoms with van der Waals surface area (Å²) >= 11 is 0. The Bertz CT molecular complexity index is 1440. The molecule has 2 atom stereocenters. The van der Waals surface area contributed by atoms with Crippen LogP contribution in [0.25, 0.3) is 5.65 Å². The number of rotatable bonds is 1. The van der Waals surface area contributed by atoms with E-state index in [1.807, 2.05) is 21.9 Å². The highest BCUT2D eigenvalue weighted by atomic mass is 19.4. The number of fused-ring (bicyclic) bond motifs is 4. The van der Waals surface area contributed by atoms with Crippen LogP contribution in [-0.2, 0) is 0 Å². The van der Waals surface area contributed by atoms with Crippen LogP contribution in [0, 0.1) is 5.82 Å². The minimum Gasteiger partial charge on any atom is -0.491 e. The molecule has 3 aliphatic heterocycles. The Kier molecular flexibility index (Phi) is 7.14. The summed E-state index contributed by atoms with van der Waals surface area (Å²) in [5, 5.41) is 7.38. The average molecular weight is 577 g/mol. The molecule has 1 unspecified atom stereocenters. The number of carbonyl (C=O) groups excluding carboxylic acids is 1. The number of ether oxygens (including phenoxy) is 1. The van der Waals surface area contributed by atoms with Crippen LogP contribution in [-0.4, -0.2) is 90.0 Å². The van der Waals surface area contributed by atoms with Crippen molar-refractivity contribution in [1.82, 2.24) is 24.8 Å². The number of anilines is 2. The van der Waals surface area contributed by atoms with E-state index in [0.29, 0.717) is 49.0 Å². The zero-order chi connectivity index (χ0) is 28.9. The molecule has 3 aliphatic rings. The predicted octanol–water partition coefficient (Wildman–Crippen LogP) is 2.73. The molecule has 2 saturated heterocycles. The summed E-state index contributed by atoms with van der Waals surface area (Å²) < 4.78 is 63.4. The van der Waals surface area contributed by atoms with Gasteiger partial charge in [-0.05, 0) is 37.5 Å². The van der Waals surface area contributed by atoms with E-state index in [9.17, 15) is 22.4 Å². The lowest BCUT2D eigenvalue weighted by Crippen LogP contribution is -2.56. The van der Waals surface area contributed by atoms with Gasteiger partial charge in [-0.2, -0.15) is 22.8 Å². The summed E-state index contributed by atoms with van der Waals surface area (Å²) in [5.41, 5.74) is 7.07. The van der Waals surface area contributed by atoms with E-state index in [2.05, 4.69) is 5.32 Å². The molecule has 1 amide bonds. The van der Waals surface area contributed by atoms with Crippen LogP contribution in [0.3, 0.4) is 0 Å². The van der Waals surface area contributed by atoms with E-state index in [4.69, 9.17) is 20.6 Å². The fraction of sp³-hybridized carbons (Fsp3) is 0.519. The van der Waals surface area contributed by atoms with Crippen molar-refractivity contribution in [2.24, 2.45) is 5.73 Å². The quantitative estimate of drug-likeness (QED) is 0.427. The van der Waals surface area contributed by atoms with Crippen LogP contribution in [0.5, 0.6) is 5.75 Å². The van der Waals surface area contributed by atoms with Gasteiger partial charge in [0.2, 0.25) is 0 Å². The van der Waals surface area contributed by atoms with Crippen LogP contribution >= 0.6 is 0 Å². The van der Waals surface area contributed by atoms with Gasteiger partial charge in [-0.1, -0.05) is 0 Å². The molecule has 3 N–H and O–H groups in total. The molecule has 41 heavy (non-hydrogen) atoms. The first-order valence-corrected chi connectivity index (χ1v) is 13.7. The maximum absolute atomic E-state index is 14.3. The topological polar surface area (TPSA) is 104 Å². The van der Waals surface area contributed by atoms with Gasteiger partial charge in [0.15, 0.2) is 5.65 Å². The number of aromatic nitrogens is 3. The number of benzene rings is 1. The van der Waals surface area contributed by atoms with Crippen molar-refractivity contribution in [3.05, 3.63) is 47.4 Å².